The number of hydrogen-bond donors (Lipinski definition) is 2. The Labute approximate surface area is 172 Å². The van der Waals surface area contributed by atoms with E-state index in [1.165, 1.54) is 6.33 Å². The number of anilines is 2. The highest BCUT2D eigenvalue weighted by Crippen LogP contribution is 2.35. The smallest absolute Gasteiger partial charge is 0.330 e. The predicted molar refractivity (Wildman–Crippen MR) is 112 cm³/mol. The van der Waals surface area contributed by atoms with Crippen LogP contribution in [-0.2, 0) is 12.6 Å². The molecule has 2 N–H and O–H groups in total. The van der Waals surface area contributed by atoms with E-state index in [4.69, 9.17) is 4.98 Å². The van der Waals surface area contributed by atoms with Gasteiger partial charge in [0.25, 0.3) is 0 Å². The molecule has 0 amide bonds. The fraction of sp³-hybridized carbons (Fsp3) is 0.450. The van der Waals surface area contributed by atoms with Crippen LogP contribution in [0.1, 0.15) is 38.2 Å². The van der Waals surface area contributed by atoms with Crippen molar-refractivity contribution in [2.75, 3.05) is 5.32 Å². The Kier molecular flexibility index (Phi) is 4.14. The van der Waals surface area contributed by atoms with Gasteiger partial charge in [-0.3, -0.25) is 9.13 Å². The minimum absolute atomic E-state index is 0.115. The van der Waals surface area contributed by atoms with E-state index in [-0.39, 0.29) is 11.8 Å². The largest absolute Gasteiger partial charge is 0.393 e. The molecule has 156 valence electrons. The summed E-state index contributed by atoms with van der Waals surface area (Å²) in [6, 6.07) is 1.93. The number of pyridine rings is 1. The maximum Gasteiger partial charge on any atom is 0.330 e. The van der Waals surface area contributed by atoms with Gasteiger partial charge in [0.15, 0.2) is 11.3 Å². The maximum absolute atomic E-state index is 13.1. The molecule has 0 radical (unpaired) electrons. The Hall–Kier alpha value is -3.27. The summed E-state index contributed by atoms with van der Waals surface area (Å²) in [5.41, 5.74) is 3.33. The van der Waals surface area contributed by atoms with Crippen LogP contribution in [0, 0.1) is 6.92 Å². The van der Waals surface area contributed by atoms with Crippen LogP contribution in [0.2, 0.25) is 0 Å². The molecule has 10 nitrogen and oxygen atoms in total. The van der Waals surface area contributed by atoms with E-state index in [0.717, 1.165) is 29.7 Å². The first-order valence-electron chi connectivity index (χ1n) is 10.1. The summed E-state index contributed by atoms with van der Waals surface area (Å²) in [5, 5.41) is 17.4. The molecule has 1 aliphatic carbocycles. The summed E-state index contributed by atoms with van der Waals surface area (Å²) in [4.78, 5) is 26.4. The predicted octanol–water partition coefficient (Wildman–Crippen LogP) is 1.87. The van der Waals surface area contributed by atoms with Gasteiger partial charge in [0.1, 0.15) is 11.8 Å². The van der Waals surface area contributed by atoms with Crippen molar-refractivity contribution in [1.29, 1.82) is 0 Å². The van der Waals surface area contributed by atoms with E-state index >= 15 is 0 Å². The van der Waals surface area contributed by atoms with Gasteiger partial charge in [0.05, 0.1) is 24.2 Å². The summed E-state index contributed by atoms with van der Waals surface area (Å²) in [5.74, 6) is 0.406. The summed E-state index contributed by atoms with van der Waals surface area (Å²) in [7, 11) is 1.74. The van der Waals surface area contributed by atoms with E-state index in [2.05, 4.69) is 27.3 Å². The standard InChI is InChI=1S/C20H24N8O2/c1-12-8-16-22-11-23-27(16)10-14(12)24-18-21-9-15-17(25-18)28(19(30)26(15)3)20(2)6-4-13(29)5-7-20/h8-11,13,29H,4-7H2,1-3H3,(H,21,24,25)/t13-,20+. The summed E-state index contributed by atoms with van der Waals surface area (Å²) >= 11 is 0. The van der Waals surface area contributed by atoms with Gasteiger partial charge in [0.2, 0.25) is 5.95 Å². The van der Waals surface area contributed by atoms with Crippen LogP contribution >= 0.6 is 0 Å². The zero-order valence-corrected chi connectivity index (χ0v) is 17.2. The third kappa shape index (κ3) is 2.86. The topological polar surface area (TPSA) is 115 Å². The van der Waals surface area contributed by atoms with Gasteiger partial charge in [-0.1, -0.05) is 0 Å². The van der Waals surface area contributed by atoms with E-state index in [9.17, 15) is 9.90 Å². The first-order valence-corrected chi connectivity index (χ1v) is 10.1. The van der Waals surface area contributed by atoms with Crippen LogP contribution in [0.4, 0.5) is 11.6 Å². The molecule has 0 spiro atoms. The van der Waals surface area contributed by atoms with Crippen LogP contribution in [0.25, 0.3) is 16.8 Å². The second-order valence-electron chi connectivity index (χ2n) is 8.37. The summed E-state index contributed by atoms with van der Waals surface area (Å²) in [6.45, 7) is 4.04. The van der Waals surface area contributed by atoms with E-state index in [0.29, 0.717) is 30.0 Å². The fourth-order valence-corrected chi connectivity index (χ4v) is 4.31. The molecule has 1 aliphatic rings. The number of aliphatic hydroxyl groups is 1. The Morgan fingerprint density at radius 1 is 1.27 bits per heavy atom. The lowest BCUT2D eigenvalue weighted by Gasteiger charge is -2.36. The van der Waals surface area contributed by atoms with Crippen molar-refractivity contribution in [1.82, 2.24) is 33.7 Å². The van der Waals surface area contributed by atoms with Gasteiger partial charge in [-0.15, -0.1) is 0 Å². The van der Waals surface area contributed by atoms with Crippen molar-refractivity contribution in [2.24, 2.45) is 7.05 Å². The number of aromatic nitrogens is 7. The first-order chi connectivity index (χ1) is 14.4. The molecule has 4 heterocycles. The van der Waals surface area contributed by atoms with Gasteiger partial charge in [-0.05, 0) is 51.2 Å². The van der Waals surface area contributed by atoms with Gasteiger partial charge in [-0.2, -0.15) is 10.1 Å². The molecular formula is C20H24N8O2. The second-order valence-corrected chi connectivity index (χ2v) is 8.37. The van der Waals surface area contributed by atoms with E-state index < -0.39 is 5.54 Å². The van der Waals surface area contributed by atoms with Crippen LogP contribution in [0.5, 0.6) is 0 Å². The van der Waals surface area contributed by atoms with Crippen molar-refractivity contribution in [2.45, 2.75) is 51.2 Å². The molecule has 0 saturated heterocycles. The number of aliphatic hydroxyl groups excluding tert-OH is 1. The van der Waals surface area contributed by atoms with Crippen LogP contribution in [0.3, 0.4) is 0 Å². The lowest BCUT2D eigenvalue weighted by molar-refractivity contribution is 0.0757. The lowest BCUT2D eigenvalue weighted by atomic mass is 9.81. The normalized spacial score (nSPS) is 22.1. The lowest BCUT2D eigenvalue weighted by Crippen LogP contribution is -2.42. The van der Waals surface area contributed by atoms with Crippen molar-refractivity contribution < 1.29 is 5.11 Å². The zero-order chi connectivity index (χ0) is 21.0. The summed E-state index contributed by atoms with van der Waals surface area (Å²) < 4.78 is 5.04. The quantitative estimate of drug-likeness (QED) is 0.532. The first kappa shape index (κ1) is 18.7. The van der Waals surface area contributed by atoms with Crippen molar-refractivity contribution in [3.05, 3.63) is 40.8 Å². The SMILES string of the molecule is Cc1cc2ncnn2cc1Nc1ncc2c(n1)n([C@]1(C)CC[C@H](O)CC1)c(=O)n2C. The van der Waals surface area contributed by atoms with Crippen molar-refractivity contribution in [3.63, 3.8) is 0 Å². The molecule has 0 bridgehead atoms. The van der Waals surface area contributed by atoms with Gasteiger partial charge < -0.3 is 10.4 Å². The van der Waals surface area contributed by atoms with Crippen molar-refractivity contribution >= 4 is 28.4 Å². The number of nitrogens with one attached hydrogen (secondary N) is 1. The Balaban J connectivity index is 1.59. The highest BCUT2D eigenvalue weighted by atomic mass is 16.3. The maximum atomic E-state index is 13.1. The van der Waals surface area contributed by atoms with E-state index in [1.807, 2.05) is 19.2 Å². The third-order valence-corrected chi connectivity index (χ3v) is 6.24. The Bertz CT molecular complexity index is 1310. The number of aryl methyl sites for hydroxylation is 2. The molecule has 30 heavy (non-hydrogen) atoms. The highest BCUT2D eigenvalue weighted by Gasteiger charge is 2.35. The number of hydrogen-bond acceptors (Lipinski definition) is 7. The summed E-state index contributed by atoms with van der Waals surface area (Å²) in [6.07, 6.45) is 7.51. The van der Waals surface area contributed by atoms with Gasteiger partial charge >= 0.3 is 5.69 Å². The molecule has 1 fully saturated rings. The fourth-order valence-electron chi connectivity index (χ4n) is 4.31. The molecule has 10 heteroatoms. The second kappa shape index (κ2) is 6.63. The minimum atomic E-state index is -0.392. The van der Waals surface area contributed by atoms with Crippen LogP contribution < -0.4 is 11.0 Å². The average Bonchev–Trinajstić information content (AvgIpc) is 3.27. The van der Waals surface area contributed by atoms with Gasteiger partial charge in [0, 0.05) is 12.6 Å². The number of rotatable bonds is 3. The Morgan fingerprint density at radius 2 is 2.03 bits per heavy atom. The highest BCUT2D eigenvalue weighted by molar-refractivity contribution is 5.73. The van der Waals surface area contributed by atoms with E-state index in [1.54, 1.807) is 26.9 Å². The molecule has 0 aliphatic heterocycles. The zero-order valence-electron chi connectivity index (χ0n) is 17.2. The molecule has 5 rings (SSSR count). The molecule has 0 aromatic carbocycles. The molecule has 1 saturated carbocycles. The Morgan fingerprint density at radius 3 is 2.80 bits per heavy atom. The van der Waals surface area contributed by atoms with Crippen LogP contribution in [-0.4, -0.2) is 44.9 Å². The number of imidazole rings is 1. The molecule has 4 aromatic heterocycles. The molecular weight excluding hydrogens is 384 g/mol. The van der Waals surface area contributed by atoms with Gasteiger partial charge in [-0.25, -0.2) is 19.3 Å². The molecule has 4 aromatic rings. The number of fused-ring (bicyclic) bond motifs is 2. The minimum Gasteiger partial charge on any atom is -0.393 e. The average molecular weight is 408 g/mol. The van der Waals surface area contributed by atoms with Crippen LogP contribution in [0.15, 0.2) is 29.6 Å². The molecule has 0 unspecified atom stereocenters. The third-order valence-electron chi connectivity index (χ3n) is 6.24. The monoisotopic (exact) mass is 408 g/mol. The van der Waals surface area contributed by atoms with Crippen molar-refractivity contribution in [3.8, 4) is 0 Å². The molecule has 0 atom stereocenters. The number of nitrogens with zero attached hydrogens (tertiary/aromatic N) is 7.